The number of para-hydroxylation sites is 1. The van der Waals surface area contributed by atoms with Crippen molar-refractivity contribution in [1.29, 1.82) is 0 Å². The minimum absolute atomic E-state index is 0.768. The summed E-state index contributed by atoms with van der Waals surface area (Å²) in [5.74, 6) is 9.19. The molecule has 2 N–H and O–H groups in total. The first kappa shape index (κ1) is 24.0. The summed E-state index contributed by atoms with van der Waals surface area (Å²) in [6.45, 7) is 5.25. The Bertz CT molecular complexity index is 1240. The molecule has 7 nitrogen and oxygen atoms in total. The van der Waals surface area contributed by atoms with Crippen LogP contribution < -0.4 is 15.6 Å². The highest BCUT2D eigenvalue weighted by Gasteiger charge is 2.28. The van der Waals surface area contributed by atoms with Crippen LogP contribution in [0.3, 0.4) is 0 Å². The van der Waals surface area contributed by atoms with E-state index >= 15 is 0 Å². The lowest BCUT2D eigenvalue weighted by atomic mass is 9.99. The van der Waals surface area contributed by atoms with Gasteiger partial charge in [-0.1, -0.05) is 42.8 Å². The third kappa shape index (κ3) is 5.20. The Morgan fingerprint density at radius 2 is 1.81 bits per heavy atom. The summed E-state index contributed by atoms with van der Waals surface area (Å²) < 4.78 is 0. The number of hydrogen-bond acceptors (Lipinski definition) is 9. The van der Waals surface area contributed by atoms with E-state index in [9.17, 15) is 0 Å². The minimum atomic E-state index is 0.768. The summed E-state index contributed by atoms with van der Waals surface area (Å²) in [6, 6.07) is 12.7. The number of thiophene rings is 1. The van der Waals surface area contributed by atoms with E-state index in [1.807, 2.05) is 0 Å². The maximum atomic E-state index is 6.23. The van der Waals surface area contributed by atoms with Crippen LogP contribution in [0.1, 0.15) is 42.5 Å². The first-order valence-electron chi connectivity index (χ1n) is 13.2. The van der Waals surface area contributed by atoms with Gasteiger partial charge in [0.1, 0.15) is 5.82 Å². The Labute approximate surface area is 221 Å². The average molecular weight is 523 g/mol. The number of aromatic nitrogens is 1. The SMILES string of the molecule is NN1Oc2c(sc3c2CCCCCC3)N=C1SCCCN1CCN(c2ccc3ccccc3n2)CC1. The monoisotopic (exact) mass is 522 g/mol. The van der Waals surface area contributed by atoms with E-state index in [2.05, 4.69) is 46.2 Å². The van der Waals surface area contributed by atoms with Crippen LogP contribution in [0.2, 0.25) is 0 Å². The zero-order valence-electron chi connectivity index (χ0n) is 20.7. The zero-order chi connectivity index (χ0) is 24.3. The van der Waals surface area contributed by atoms with Gasteiger partial charge in [-0.25, -0.2) is 15.8 Å². The van der Waals surface area contributed by atoms with Gasteiger partial charge in [-0.15, -0.1) is 16.5 Å². The minimum Gasteiger partial charge on any atom is -0.359 e. The Morgan fingerprint density at radius 1 is 0.972 bits per heavy atom. The summed E-state index contributed by atoms with van der Waals surface area (Å²) in [4.78, 5) is 22.2. The molecule has 1 fully saturated rings. The van der Waals surface area contributed by atoms with Gasteiger partial charge in [0.15, 0.2) is 10.8 Å². The molecule has 190 valence electrons. The fraction of sp³-hybridized carbons (Fsp3) is 0.481. The molecule has 2 aliphatic heterocycles. The highest BCUT2D eigenvalue weighted by Crippen LogP contribution is 2.47. The highest BCUT2D eigenvalue weighted by molar-refractivity contribution is 8.13. The third-order valence-corrected chi connectivity index (χ3v) is 9.50. The number of anilines is 1. The maximum Gasteiger partial charge on any atom is 0.218 e. The van der Waals surface area contributed by atoms with Crippen molar-refractivity contribution in [1.82, 2.24) is 15.1 Å². The number of thioether (sulfide) groups is 1. The number of benzene rings is 1. The van der Waals surface area contributed by atoms with Gasteiger partial charge in [0.2, 0.25) is 5.17 Å². The molecular weight excluding hydrogens is 488 g/mol. The lowest BCUT2D eigenvalue weighted by molar-refractivity contribution is 0.0188. The molecule has 0 unspecified atom stereocenters. The van der Waals surface area contributed by atoms with Gasteiger partial charge in [0.25, 0.3) is 0 Å². The third-order valence-electron chi connectivity index (χ3n) is 7.31. The number of nitrogens with two attached hydrogens (primary N) is 1. The second-order valence-corrected chi connectivity index (χ2v) is 11.9. The smallest absolute Gasteiger partial charge is 0.218 e. The summed E-state index contributed by atoms with van der Waals surface area (Å²) in [5.41, 5.74) is 2.41. The molecule has 0 spiro atoms. The number of aliphatic imine (C=N–C) groups is 1. The van der Waals surface area contributed by atoms with Gasteiger partial charge in [-0.3, -0.25) is 4.90 Å². The van der Waals surface area contributed by atoms with Crippen LogP contribution in [0, 0.1) is 0 Å². The van der Waals surface area contributed by atoms with E-state index < -0.39 is 0 Å². The van der Waals surface area contributed by atoms with Crippen molar-refractivity contribution >= 4 is 50.0 Å². The molecule has 1 aromatic carbocycles. The molecule has 1 aliphatic carbocycles. The van der Waals surface area contributed by atoms with Crippen LogP contribution in [0.4, 0.5) is 10.8 Å². The first-order chi connectivity index (χ1) is 17.7. The number of amidine groups is 1. The van der Waals surface area contributed by atoms with Gasteiger partial charge in [-0.05, 0) is 56.8 Å². The molecule has 0 atom stereocenters. The van der Waals surface area contributed by atoms with E-state index in [1.165, 1.54) is 46.7 Å². The van der Waals surface area contributed by atoms with E-state index in [-0.39, 0.29) is 0 Å². The van der Waals surface area contributed by atoms with E-state index in [0.717, 1.165) is 85.0 Å². The molecule has 0 amide bonds. The predicted octanol–water partition coefficient (Wildman–Crippen LogP) is 5.37. The predicted molar refractivity (Wildman–Crippen MR) is 151 cm³/mol. The molecule has 1 saturated heterocycles. The van der Waals surface area contributed by atoms with Crippen LogP contribution in [0.15, 0.2) is 41.4 Å². The van der Waals surface area contributed by atoms with Crippen molar-refractivity contribution in [3.63, 3.8) is 0 Å². The largest absolute Gasteiger partial charge is 0.359 e. The van der Waals surface area contributed by atoms with Gasteiger partial charge in [0.05, 0.1) is 5.52 Å². The quantitative estimate of drug-likeness (QED) is 0.357. The average Bonchev–Trinajstić information content (AvgIpc) is 3.21. The standard InChI is InChI=1S/C27H34N6OS2/c28-33-27(30-26-25(34-33)21-9-3-1-2-4-11-23(21)36-26)35-19-7-14-31-15-17-32(18-16-31)24-13-12-20-8-5-6-10-22(20)29-24/h5-6,8,10,12-13H,1-4,7,9,11,14-19,28H2. The molecule has 0 saturated carbocycles. The number of hydrazine groups is 1. The fourth-order valence-electron chi connectivity index (χ4n) is 5.30. The van der Waals surface area contributed by atoms with Crippen LogP contribution in [0.25, 0.3) is 10.9 Å². The molecular formula is C27H34N6OS2. The highest BCUT2D eigenvalue weighted by atomic mass is 32.2. The number of nitrogens with zero attached hydrogens (tertiary/aromatic N) is 5. The summed E-state index contributed by atoms with van der Waals surface area (Å²) in [7, 11) is 0. The maximum absolute atomic E-state index is 6.23. The number of fused-ring (bicyclic) bond motifs is 4. The van der Waals surface area contributed by atoms with Crippen LogP contribution in [0.5, 0.6) is 5.75 Å². The lowest BCUT2D eigenvalue weighted by Gasteiger charge is -2.35. The number of aryl methyl sites for hydroxylation is 1. The normalized spacial score (nSPS) is 18.8. The second kappa shape index (κ2) is 11.0. The Kier molecular flexibility index (Phi) is 7.32. The molecule has 3 aliphatic rings. The van der Waals surface area contributed by atoms with E-state index in [1.54, 1.807) is 23.1 Å². The molecule has 0 radical (unpaired) electrons. The number of pyridine rings is 1. The van der Waals surface area contributed by atoms with Gasteiger partial charge in [-0.2, -0.15) is 0 Å². The topological polar surface area (TPSA) is 70.2 Å². The summed E-state index contributed by atoms with van der Waals surface area (Å²) in [5, 5.41) is 4.35. The van der Waals surface area contributed by atoms with Gasteiger partial charge in [0, 0.05) is 47.8 Å². The van der Waals surface area contributed by atoms with E-state index in [0.29, 0.717) is 0 Å². The molecule has 9 heteroatoms. The van der Waals surface area contributed by atoms with Crippen molar-refractivity contribution < 1.29 is 4.84 Å². The fourth-order valence-corrected chi connectivity index (χ4v) is 7.31. The van der Waals surface area contributed by atoms with E-state index in [4.69, 9.17) is 20.7 Å². The van der Waals surface area contributed by atoms with Crippen molar-refractivity contribution in [3.05, 3.63) is 46.8 Å². The lowest BCUT2D eigenvalue weighted by Crippen LogP contribution is -2.47. The Hall–Kier alpha value is -2.33. The molecule has 3 aromatic rings. The first-order valence-corrected chi connectivity index (χ1v) is 15.0. The molecule has 0 bridgehead atoms. The number of hydrogen-bond donors (Lipinski definition) is 1. The number of piperazine rings is 1. The zero-order valence-corrected chi connectivity index (χ0v) is 22.3. The van der Waals surface area contributed by atoms with Gasteiger partial charge >= 0.3 is 0 Å². The number of hydroxylamine groups is 1. The summed E-state index contributed by atoms with van der Waals surface area (Å²) >= 11 is 3.50. The van der Waals surface area contributed by atoms with Crippen LogP contribution in [-0.4, -0.2) is 58.7 Å². The Balaban J connectivity index is 0.985. The van der Waals surface area contributed by atoms with Crippen molar-refractivity contribution in [2.45, 2.75) is 44.9 Å². The molecule has 2 aromatic heterocycles. The molecule has 4 heterocycles. The van der Waals surface area contributed by atoms with Crippen LogP contribution >= 0.6 is 23.1 Å². The van der Waals surface area contributed by atoms with Crippen molar-refractivity contribution in [3.8, 4) is 5.75 Å². The second-order valence-electron chi connectivity index (χ2n) is 9.76. The molecule has 6 rings (SSSR count). The van der Waals surface area contributed by atoms with Crippen molar-refractivity contribution in [2.75, 3.05) is 43.4 Å². The number of rotatable bonds is 5. The molecule has 36 heavy (non-hydrogen) atoms. The summed E-state index contributed by atoms with van der Waals surface area (Å²) in [6.07, 6.45) is 8.43. The van der Waals surface area contributed by atoms with Crippen molar-refractivity contribution in [2.24, 2.45) is 10.8 Å². The Morgan fingerprint density at radius 3 is 2.69 bits per heavy atom. The van der Waals surface area contributed by atoms with Crippen LogP contribution in [-0.2, 0) is 12.8 Å². The van der Waals surface area contributed by atoms with Gasteiger partial charge < -0.3 is 9.74 Å².